The zero-order chi connectivity index (χ0) is 56.9. The normalized spacial score (nSPS) is 15.0. The molecule has 0 radical (unpaired) electrons. The molecular weight excluding hydrogens is 817 g/mol. The number of hydrogen-bond donors (Lipinski definition) is 0. The predicted octanol–water partition coefficient (Wildman–Crippen LogP) is 15.6. The molecule has 0 aliphatic carbocycles. The second-order valence-corrected chi connectivity index (χ2v) is 18.9. The van der Waals surface area contributed by atoms with Crippen LogP contribution in [0, 0.1) is 6.33 Å². The van der Waals surface area contributed by atoms with Gasteiger partial charge < -0.3 is 4.74 Å². The summed E-state index contributed by atoms with van der Waals surface area (Å²) < 4.78 is 132. The summed E-state index contributed by atoms with van der Waals surface area (Å²) in [7, 11) is 0. The van der Waals surface area contributed by atoms with Gasteiger partial charge in [-0.05, 0) is 115 Å². The molecule has 11 aromatic rings. The lowest BCUT2D eigenvalue weighted by molar-refractivity contribution is -0.570. The van der Waals surface area contributed by atoms with Crippen LogP contribution in [-0.4, -0.2) is 14.1 Å². The molecule has 0 saturated heterocycles. The highest BCUT2D eigenvalue weighted by Gasteiger charge is 2.29. The van der Waals surface area contributed by atoms with Gasteiger partial charge in [0.2, 0.25) is 0 Å². The Bertz CT molecular complexity index is 4500. The smallest absolute Gasteiger partial charge is 0.269 e. The predicted molar refractivity (Wildman–Crippen MR) is 275 cm³/mol. The molecule has 0 N–H and O–H groups in total. The SMILES string of the molecule is [2H]c1c([2H])c([2H])c(-c2cc(C(C)(C)C)cc3c2-[n+]2[c-]n(-c4cccc(Oc5ccc6c7ccccc7n(-c7cc(C(C)(C)C)ccn7)c6c5)c4)c4cccc(c42)-c2c([2H])c([2H])c([2H])c([2H])c2-c2c([2H])c([2H])c([2H])c([2H])c2-3)c([2H])c1[2H]. The molecule has 1 aliphatic heterocycles. The fourth-order valence-electron chi connectivity index (χ4n) is 9.28. The first-order chi connectivity index (χ1) is 37.9. The highest BCUT2D eigenvalue weighted by molar-refractivity contribution is 6.09. The Morgan fingerprint density at radius 2 is 1.15 bits per heavy atom. The summed E-state index contributed by atoms with van der Waals surface area (Å²) in [4.78, 5) is 4.84. The van der Waals surface area contributed by atoms with Crippen molar-refractivity contribution in [1.82, 2.24) is 14.1 Å². The summed E-state index contributed by atoms with van der Waals surface area (Å²) in [5, 5.41) is 2.06. The summed E-state index contributed by atoms with van der Waals surface area (Å²) in [5.41, 5.74) is 3.80. The van der Waals surface area contributed by atoms with Crippen molar-refractivity contribution in [2.45, 2.75) is 52.4 Å². The van der Waals surface area contributed by atoms with Crippen molar-refractivity contribution in [2.24, 2.45) is 0 Å². The van der Waals surface area contributed by atoms with Crippen LogP contribution < -0.4 is 9.30 Å². The van der Waals surface area contributed by atoms with E-state index in [1.165, 1.54) is 0 Å². The Kier molecular flexibility index (Phi) is 6.57. The van der Waals surface area contributed by atoms with Crippen molar-refractivity contribution < 1.29 is 27.1 Å². The molecule has 0 atom stereocenters. The molecule has 0 amide bonds. The van der Waals surface area contributed by atoms with Gasteiger partial charge >= 0.3 is 0 Å². The van der Waals surface area contributed by atoms with E-state index in [-0.39, 0.29) is 55.6 Å². The Balaban J connectivity index is 1.16. The van der Waals surface area contributed by atoms with Gasteiger partial charge in [0.05, 0.1) is 51.3 Å². The summed E-state index contributed by atoms with van der Waals surface area (Å²) >= 11 is 0. The van der Waals surface area contributed by atoms with Crippen molar-refractivity contribution in [2.75, 3.05) is 0 Å². The molecule has 4 heterocycles. The number of para-hydroxylation sites is 2. The van der Waals surface area contributed by atoms with Crippen LogP contribution in [0.2, 0.25) is 0 Å². The number of ether oxygens (including phenoxy) is 1. The lowest BCUT2D eigenvalue weighted by Gasteiger charge is -2.26. The molecule has 5 nitrogen and oxygen atoms in total. The molecule has 0 fully saturated rings. The maximum absolute atomic E-state index is 9.76. The Morgan fingerprint density at radius 1 is 0.522 bits per heavy atom. The van der Waals surface area contributed by atoms with E-state index in [0.717, 1.165) is 33.2 Å². The Labute approximate surface area is 410 Å². The van der Waals surface area contributed by atoms with Gasteiger partial charge in [0.1, 0.15) is 17.3 Å². The molecule has 0 spiro atoms. The largest absolute Gasteiger partial charge is 0.458 e. The van der Waals surface area contributed by atoms with E-state index in [1.807, 2.05) is 87.6 Å². The lowest BCUT2D eigenvalue weighted by atomic mass is 9.81. The number of aromatic nitrogens is 4. The van der Waals surface area contributed by atoms with Crippen LogP contribution in [0.25, 0.3) is 94.5 Å². The third kappa shape index (κ3) is 6.76. The van der Waals surface area contributed by atoms with E-state index in [1.54, 1.807) is 39.5 Å². The first-order valence-electron chi connectivity index (χ1n) is 28.6. The molecule has 1 aliphatic rings. The Morgan fingerprint density at radius 3 is 1.90 bits per heavy atom. The van der Waals surface area contributed by atoms with Crippen molar-refractivity contribution >= 4 is 32.8 Å². The van der Waals surface area contributed by atoms with Crippen LogP contribution in [0.3, 0.4) is 0 Å². The monoisotopic (exact) mass is 879 g/mol. The first-order valence-corrected chi connectivity index (χ1v) is 22.1. The van der Waals surface area contributed by atoms with Crippen LogP contribution in [-0.2, 0) is 10.8 Å². The molecule has 5 heteroatoms. The van der Waals surface area contributed by atoms with Gasteiger partial charge in [-0.2, -0.15) is 0 Å². The van der Waals surface area contributed by atoms with E-state index >= 15 is 0 Å². The topological polar surface area (TPSA) is 35.9 Å². The third-order valence-corrected chi connectivity index (χ3v) is 12.6. The minimum atomic E-state index is -0.731. The third-order valence-electron chi connectivity index (χ3n) is 12.6. The van der Waals surface area contributed by atoms with Gasteiger partial charge in [-0.25, -0.2) is 4.98 Å². The summed E-state index contributed by atoms with van der Waals surface area (Å²) in [6.07, 6.45) is 5.36. The molecule has 8 aromatic carbocycles. The highest BCUT2D eigenvalue weighted by atomic mass is 16.5. The van der Waals surface area contributed by atoms with Gasteiger partial charge in [-0.1, -0.05) is 175 Å². The van der Waals surface area contributed by atoms with Gasteiger partial charge in [0.25, 0.3) is 6.33 Å². The minimum Gasteiger partial charge on any atom is -0.458 e. The zero-order valence-corrected chi connectivity index (χ0v) is 37.7. The van der Waals surface area contributed by atoms with Crippen molar-refractivity contribution in [3.05, 3.63) is 211 Å². The standard InChI is InChI=1S/C62H50N4O/c1-61(2,3)41-32-33-63-58(36-41)66-55-28-15-14-26-50(55)51-31-30-45(38-57(51)66)67-44-21-16-20-43(37-44)64-39-65-59-53(40-18-8-7-9-19-40)34-42(62(4,5)6)35-54(59)49-25-13-11-23-47(49)46-22-10-12-24-48(46)52-27-17-29-56(64)60(52)65/h7-38H,1-6H3/i7D,8D,9D,10D,11D,12D,13D,18D,19D,22D,23D,24D,25D. The molecule has 0 unspecified atom stereocenters. The number of hydrogen-bond acceptors (Lipinski definition) is 2. The molecule has 0 bridgehead atoms. The quantitative estimate of drug-likeness (QED) is 0.128. The minimum absolute atomic E-state index is 0.0498. The average Bonchev–Trinajstić information content (AvgIpc) is 4.13. The van der Waals surface area contributed by atoms with Crippen LogP contribution in [0.15, 0.2) is 194 Å². The number of imidazole rings is 1. The highest BCUT2D eigenvalue weighted by Crippen LogP contribution is 2.47. The van der Waals surface area contributed by atoms with Crippen molar-refractivity contribution in [3.8, 4) is 73.2 Å². The molecule has 67 heavy (non-hydrogen) atoms. The number of rotatable bonds is 5. The molecule has 0 saturated carbocycles. The fraction of sp³-hybridized carbons (Fsp3) is 0.129. The zero-order valence-electron chi connectivity index (χ0n) is 50.7. The van der Waals surface area contributed by atoms with Gasteiger partial charge in [-0.3, -0.25) is 13.7 Å². The van der Waals surface area contributed by atoms with E-state index in [2.05, 4.69) is 49.9 Å². The maximum Gasteiger partial charge on any atom is 0.269 e. The second-order valence-electron chi connectivity index (χ2n) is 18.9. The van der Waals surface area contributed by atoms with E-state index in [4.69, 9.17) is 19.3 Å². The van der Waals surface area contributed by atoms with E-state index < -0.39 is 84.0 Å². The van der Waals surface area contributed by atoms with Gasteiger partial charge in [0, 0.05) is 23.0 Å². The van der Waals surface area contributed by atoms with Gasteiger partial charge in [-0.15, -0.1) is 0 Å². The fourth-order valence-corrected chi connectivity index (χ4v) is 9.28. The number of benzene rings is 8. The number of fused-ring (bicyclic) bond motifs is 10. The van der Waals surface area contributed by atoms with Crippen LogP contribution in [0.5, 0.6) is 11.5 Å². The lowest BCUT2D eigenvalue weighted by Crippen LogP contribution is -2.32. The van der Waals surface area contributed by atoms with Crippen LogP contribution in [0.4, 0.5) is 0 Å². The molecular formula is C62H50N4O. The summed E-state index contributed by atoms with van der Waals surface area (Å²) in [6.45, 7) is 12.3. The first kappa shape index (κ1) is 28.8. The van der Waals surface area contributed by atoms with Crippen LogP contribution >= 0.6 is 0 Å². The van der Waals surface area contributed by atoms with Crippen molar-refractivity contribution in [3.63, 3.8) is 0 Å². The van der Waals surface area contributed by atoms with E-state index in [9.17, 15) is 8.22 Å². The maximum atomic E-state index is 9.76. The summed E-state index contributed by atoms with van der Waals surface area (Å²) in [5.74, 6) is 1.74. The summed E-state index contributed by atoms with van der Waals surface area (Å²) in [6, 6.07) is 26.8. The van der Waals surface area contributed by atoms with E-state index in [0.29, 0.717) is 33.8 Å². The molecule has 324 valence electrons. The molecule has 12 rings (SSSR count). The number of nitrogens with zero attached hydrogens (tertiary/aromatic N) is 4. The second kappa shape index (κ2) is 15.3. The average molecular weight is 880 g/mol. The van der Waals surface area contributed by atoms with Gasteiger partial charge in [0.15, 0.2) is 0 Å². The number of pyridine rings is 1. The van der Waals surface area contributed by atoms with Crippen molar-refractivity contribution in [1.29, 1.82) is 0 Å². The Hall–Kier alpha value is -8.02. The molecule has 3 aromatic heterocycles. The van der Waals surface area contributed by atoms with Crippen LogP contribution in [0.1, 0.15) is 70.5 Å².